The van der Waals surface area contributed by atoms with Crippen LogP contribution in [-0.2, 0) is 10.9 Å². The van der Waals surface area contributed by atoms with Gasteiger partial charge in [0.2, 0.25) is 0 Å². The molecule has 0 aliphatic carbocycles. The zero-order valence-electron chi connectivity index (χ0n) is 10.3. The van der Waals surface area contributed by atoms with E-state index in [2.05, 4.69) is 5.32 Å². The third-order valence-electron chi connectivity index (χ3n) is 2.83. The summed E-state index contributed by atoms with van der Waals surface area (Å²) in [7, 11) is 0. The predicted octanol–water partition coefficient (Wildman–Crippen LogP) is 3.22. The number of nitrogens with one attached hydrogen (secondary N) is 1. The Balaban J connectivity index is 2.18. The average molecular weight is 309 g/mol. The first-order valence-electron chi connectivity index (χ1n) is 5.88. The summed E-state index contributed by atoms with van der Waals surface area (Å²) >= 11 is 5.57. The van der Waals surface area contributed by atoms with Crippen molar-refractivity contribution in [3.63, 3.8) is 0 Å². The van der Waals surface area contributed by atoms with Crippen molar-refractivity contribution in [1.29, 1.82) is 0 Å². The molecule has 2 amide bonds. The number of carbonyl (C=O) groups excluding carboxylic acids is 1. The fourth-order valence-electron chi connectivity index (χ4n) is 1.82. The van der Waals surface area contributed by atoms with E-state index >= 15 is 0 Å². The smallest absolute Gasteiger partial charge is 0.378 e. The molecule has 20 heavy (non-hydrogen) atoms. The lowest BCUT2D eigenvalue weighted by Gasteiger charge is -2.27. The number of nitrogens with zero attached hydrogens (tertiary/aromatic N) is 1. The van der Waals surface area contributed by atoms with Crippen molar-refractivity contribution in [2.45, 2.75) is 6.18 Å². The Kier molecular flexibility index (Phi) is 4.39. The number of benzene rings is 1. The maximum Gasteiger partial charge on any atom is 0.418 e. The maximum atomic E-state index is 12.9. The van der Waals surface area contributed by atoms with Crippen LogP contribution < -0.4 is 5.32 Å². The van der Waals surface area contributed by atoms with E-state index in [1.54, 1.807) is 0 Å². The molecule has 1 fully saturated rings. The van der Waals surface area contributed by atoms with Crippen LogP contribution in [0.2, 0.25) is 5.02 Å². The quantitative estimate of drug-likeness (QED) is 0.865. The van der Waals surface area contributed by atoms with E-state index in [4.69, 9.17) is 16.3 Å². The Labute approximate surface area is 118 Å². The molecule has 0 bridgehead atoms. The van der Waals surface area contributed by atoms with Crippen LogP contribution in [0.4, 0.5) is 23.7 Å². The summed E-state index contributed by atoms with van der Waals surface area (Å²) in [6, 6.07) is 2.65. The Morgan fingerprint density at radius 2 is 1.95 bits per heavy atom. The van der Waals surface area contributed by atoms with E-state index in [9.17, 15) is 18.0 Å². The van der Waals surface area contributed by atoms with Gasteiger partial charge in [-0.25, -0.2) is 4.79 Å². The lowest BCUT2D eigenvalue weighted by molar-refractivity contribution is -0.136. The molecule has 8 heteroatoms. The molecule has 0 atom stereocenters. The molecule has 1 saturated heterocycles. The number of hydrogen-bond donors (Lipinski definition) is 1. The third kappa shape index (κ3) is 3.55. The zero-order valence-corrected chi connectivity index (χ0v) is 11.1. The van der Waals surface area contributed by atoms with Crippen LogP contribution in [0.1, 0.15) is 5.56 Å². The number of morpholine rings is 1. The topological polar surface area (TPSA) is 41.6 Å². The lowest BCUT2D eigenvalue weighted by Crippen LogP contribution is -2.43. The molecular formula is C12H12ClF3N2O2. The minimum atomic E-state index is -4.58. The standard InChI is InChI=1S/C12H12ClF3N2O2/c13-8-1-2-10(9(7-8)12(14,15)16)17-11(19)18-3-5-20-6-4-18/h1-2,7H,3-6H2,(H,17,19). The van der Waals surface area contributed by atoms with Crippen LogP contribution in [0.3, 0.4) is 0 Å². The van der Waals surface area contributed by atoms with Crippen LogP contribution >= 0.6 is 11.6 Å². The van der Waals surface area contributed by atoms with Crippen molar-refractivity contribution in [3.8, 4) is 0 Å². The highest BCUT2D eigenvalue weighted by molar-refractivity contribution is 6.30. The number of halogens is 4. The fourth-order valence-corrected chi connectivity index (χ4v) is 1.99. The number of alkyl halides is 3. The second-order valence-corrected chi connectivity index (χ2v) is 4.65. The van der Waals surface area contributed by atoms with E-state index in [1.165, 1.54) is 11.0 Å². The van der Waals surface area contributed by atoms with Gasteiger partial charge < -0.3 is 15.0 Å². The number of carbonyl (C=O) groups is 1. The minimum absolute atomic E-state index is 0.0401. The van der Waals surface area contributed by atoms with Crippen LogP contribution in [0, 0.1) is 0 Å². The molecule has 0 radical (unpaired) electrons. The number of ether oxygens (including phenoxy) is 1. The summed E-state index contributed by atoms with van der Waals surface area (Å²) in [6.07, 6.45) is -4.58. The van der Waals surface area contributed by atoms with E-state index in [1.807, 2.05) is 0 Å². The molecule has 1 N–H and O–H groups in total. The normalized spacial score (nSPS) is 16.1. The highest BCUT2D eigenvalue weighted by atomic mass is 35.5. The van der Waals surface area contributed by atoms with Gasteiger partial charge in [-0.3, -0.25) is 0 Å². The molecule has 0 unspecified atom stereocenters. The Bertz CT molecular complexity index is 502. The zero-order chi connectivity index (χ0) is 14.8. The Morgan fingerprint density at radius 1 is 1.30 bits per heavy atom. The molecule has 2 rings (SSSR count). The lowest BCUT2D eigenvalue weighted by atomic mass is 10.1. The molecule has 110 valence electrons. The fraction of sp³-hybridized carbons (Fsp3) is 0.417. The van der Waals surface area contributed by atoms with Crippen molar-refractivity contribution < 1.29 is 22.7 Å². The van der Waals surface area contributed by atoms with Crippen molar-refractivity contribution in [1.82, 2.24) is 4.90 Å². The number of urea groups is 1. The number of amides is 2. The number of anilines is 1. The average Bonchev–Trinajstić information content (AvgIpc) is 2.40. The maximum absolute atomic E-state index is 12.9. The van der Waals surface area contributed by atoms with E-state index in [0.717, 1.165) is 12.1 Å². The summed E-state index contributed by atoms with van der Waals surface area (Å²) in [5.74, 6) is 0. The van der Waals surface area contributed by atoms with Crippen LogP contribution in [-0.4, -0.2) is 37.2 Å². The van der Waals surface area contributed by atoms with Gasteiger partial charge in [-0.15, -0.1) is 0 Å². The van der Waals surface area contributed by atoms with Gasteiger partial charge in [-0.05, 0) is 18.2 Å². The van der Waals surface area contributed by atoms with Crippen LogP contribution in [0.5, 0.6) is 0 Å². The summed E-state index contributed by atoms with van der Waals surface area (Å²) in [6.45, 7) is 1.45. The van der Waals surface area contributed by atoms with Gasteiger partial charge in [0.1, 0.15) is 0 Å². The first-order valence-corrected chi connectivity index (χ1v) is 6.26. The molecule has 1 aromatic rings. The van der Waals surface area contributed by atoms with Gasteiger partial charge in [-0.2, -0.15) is 13.2 Å². The minimum Gasteiger partial charge on any atom is -0.378 e. The molecular weight excluding hydrogens is 297 g/mol. The molecule has 1 aliphatic rings. The van der Waals surface area contributed by atoms with Crippen LogP contribution in [0.25, 0.3) is 0 Å². The van der Waals surface area contributed by atoms with Gasteiger partial charge in [0, 0.05) is 18.1 Å². The predicted molar refractivity (Wildman–Crippen MR) is 67.9 cm³/mol. The number of hydrogen-bond acceptors (Lipinski definition) is 2. The molecule has 0 aromatic heterocycles. The highest BCUT2D eigenvalue weighted by Crippen LogP contribution is 2.36. The third-order valence-corrected chi connectivity index (χ3v) is 3.06. The van der Waals surface area contributed by atoms with Gasteiger partial charge in [0.25, 0.3) is 0 Å². The summed E-state index contributed by atoms with van der Waals surface area (Å²) in [5, 5.41) is 2.23. The van der Waals surface area contributed by atoms with E-state index in [0.29, 0.717) is 26.3 Å². The van der Waals surface area contributed by atoms with Gasteiger partial charge >= 0.3 is 12.2 Å². The van der Waals surface area contributed by atoms with Crippen molar-refractivity contribution in [2.75, 3.05) is 31.6 Å². The summed E-state index contributed by atoms with van der Waals surface area (Å²) in [5.41, 5.74) is -1.27. The molecule has 1 heterocycles. The largest absolute Gasteiger partial charge is 0.418 e. The summed E-state index contributed by atoms with van der Waals surface area (Å²) in [4.78, 5) is 13.3. The first-order chi connectivity index (χ1) is 9.38. The highest BCUT2D eigenvalue weighted by Gasteiger charge is 2.34. The molecule has 4 nitrogen and oxygen atoms in total. The molecule has 0 spiro atoms. The monoisotopic (exact) mass is 308 g/mol. The van der Waals surface area contributed by atoms with Gasteiger partial charge in [0.15, 0.2) is 0 Å². The van der Waals surface area contributed by atoms with Gasteiger partial charge in [-0.1, -0.05) is 11.6 Å². The molecule has 1 aliphatic heterocycles. The Hall–Kier alpha value is -1.47. The van der Waals surface area contributed by atoms with E-state index in [-0.39, 0.29) is 10.7 Å². The second-order valence-electron chi connectivity index (χ2n) is 4.22. The van der Waals surface area contributed by atoms with Gasteiger partial charge in [0.05, 0.1) is 24.5 Å². The van der Waals surface area contributed by atoms with Crippen LogP contribution in [0.15, 0.2) is 18.2 Å². The van der Waals surface area contributed by atoms with Crippen molar-refractivity contribution in [3.05, 3.63) is 28.8 Å². The second kappa shape index (κ2) is 5.88. The number of rotatable bonds is 1. The molecule has 0 saturated carbocycles. The molecule has 1 aromatic carbocycles. The Morgan fingerprint density at radius 3 is 2.55 bits per heavy atom. The SMILES string of the molecule is O=C(Nc1ccc(Cl)cc1C(F)(F)F)N1CCOCC1. The van der Waals surface area contributed by atoms with E-state index < -0.39 is 17.8 Å². The summed E-state index contributed by atoms with van der Waals surface area (Å²) < 4.78 is 43.7. The van der Waals surface area contributed by atoms with Crippen molar-refractivity contribution >= 4 is 23.3 Å². The first kappa shape index (κ1) is 14.9. The van der Waals surface area contributed by atoms with Crippen molar-refractivity contribution in [2.24, 2.45) is 0 Å².